The molecular weight excluding hydrogens is 356 g/mol. The zero-order valence-electron chi connectivity index (χ0n) is 13.5. The number of carboxylic acids is 1. The Balaban J connectivity index is 1.80. The zero-order chi connectivity index (χ0) is 18.0. The van der Waals surface area contributed by atoms with Crippen molar-refractivity contribution in [2.75, 3.05) is 0 Å². The summed E-state index contributed by atoms with van der Waals surface area (Å²) in [6, 6.07) is -1.67. The van der Waals surface area contributed by atoms with Gasteiger partial charge in [-0.15, -0.1) is 11.8 Å². The third-order valence-electron chi connectivity index (χ3n) is 4.33. The standard InChI is InChI=1S/C14H17ClN4O4S/c1-5-6(15)8(18(4)17-5)10(20)16-7-11(21)19-9(13(22)23)14(2,3)24-12(7)19/h7,9,12H,1-4H3,(H,16,20)(H,22,23)/t7-,9+,12+/m1/s1. The van der Waals surface area contributed by atoms with Crippen LogP contribution >= 0.6 is 23.4 Å². The van der Waals surface area contributed by atoms with Gasteiger partial charge in [0.2, 0.25) is 5.91 Å². The van der Waals surface area contributed by atoms with Gasteiger partial charge >= 0.3 is 5.97 Å². The fourth-order valence-corrected chi connectivity index (χ4v) is 5.11. The Labute approximate surface area is 147 Å². The van der Waals surface area contributed by atoms with Crippen LogP contribution in [-0.2, 0) is 16.6 Å². The molecule has 2 N–H and O–H groups in total. The van der Waals surface area contributed by atoms with Crippen molar-refractivity contribution in [3.05, 3.63) is 16.4 Å². The van der Waals surface area contributed by atoms with Crippen molar-refractivity contribution >= 4 is 41.1 Å². The quantitative estimate of drug-likeness (QED) is 0.754. The van der Waals surface area contributed by atoms with Crippen molar-refractivity contribution in [2.45, 2.75) is 43.0 Å². The molecule has 2 aliphatic heterocycles. The molecule has 24 heavy (non-hydrogen) atoms. The second-order valence-electron chi connectivity index (χ2n) is 6.42. The van der Waals surface area contributed by atoms with Crippen LogP contribution in [0, 0.1) is 6.92 Å². The van der Waals surface area contributed by atoms with Crippen LogP contribution in [0.3, 0.4) is 0 Å². The number of aromatic nitrogens is 2. The van der Waals surface area contributed by atoms with E-state index in [2.05, 4.69) is 10.4 Å². The molecule has 0 unspecified atom stereocenters. The maximum Gasteiger partial charge on any atom is 0.327 e. The molecule has 10 heteroatoms. The second kappa shape index (κ2) is 5.38. The summed E-state index contributed by atoms with van der Waals surface area (Å²) in [7, 11) is 1.59. The van der Waals surface area contributed by atoms with Crippen LogP contribution in [0.2, 0.25) is 5.02 Å². The van der Waals surface area contributed by atoms with E-state index in [1.807, 2.05) is 0 Å². The van der Waals surface area contributed by atoms with Gasteiger partial charge in [-0.1, -0.05) is 11.6 Å². The predicted molar refractivity (Wildman–Crippen MR) is 87.9 cm³/mol. The van der Waals surface area contributed by atoms with Gasteiger partial charge in [-0.2, -0.15) is 5.10 Å². The fourth-order valence-electron chi connectivity index (χ4n) is 3.23. The van der Waals surface area contributed by atoms with Gasteiger partial charge in [0.15, 0.2) is 0 Å². The molecule has 1 aromatic rings. The molecule has 1 aromatic heterocycles. The fraction of sp³-hybridized carbons (Fsp3) is 0.571. The molecular formula is C14H17ClN4O4S. The topological polar surface area (TPSA) is 105 Å². The third kappa shape index (κ3) is 2.29. The van der Waals surface area contributed by atoms with Gasteiger partial charge in [-0.25, -0.2) is 4.79 Å². The molecule has 0 spiro atoms. The first kappa shape index (κ1) is 17.1. The summed E-state index contributed by atoms with van der Waals surface area (Å²) in [5.74, 6) is -1.94. The van der Waals surface area contributed by atoms with Gasteiger partial charge in [0.05, 0.1) is 10.7 Å². The SMILES string of the molecule is Cc1nn(C)c(C(=O)N[C@@H]2C(=O)N3[C@@H](C(=O)O)C(C)(C)S[C@@H]23)c1Cl. The minimum absolute atomic E-state index is 0.178. The van der Waals surface area contributed by atoms with Crippen LogP contribution in [0.5, 0.6) is 0 Å². The van der Waals surface area contributed by atoms with Gasteiger partial charge in [0.1, 0.15) is 23.2 Å². The number of fused-ring (bicyclic) bond motifs is 1. The summed E-state index contributed by atoms with van der Waals surface area (Å²) in [4.78, 5) is 37.6. The molecule has 2 amide bonds. The van der Waals surface area contributed by atoms with E-state index in [1.165, 1.54) is 21.3 Å². The Bertz CT molecular complexity index is 762. The Morgan fingerprint density at radius 3 is 2.54 bits per heavy atom. The Morgan fingerprint density at radius 2 is 2.04 bits per heavy atom. The summed E-state index contributed by atoms with van der Waals surface area (Å²) in [5.41, 5.74) is 0.700. The molecule has 0 aromatic carbocycles. The van der Waals surface area contributed by atoms with Crippen LogP contribution in [0.25, 0.3) is 0 Å². The van der Waals surface area contributed by atoms with Crippen molar-refractivity contribution in [1.29, 1.82) is 0 Å². The molecule has 8 nitrogen and oxygen atoms in total. The van der Waals surface area contributed by atoms with Crippen LogP contribution in [0.1, 0.15) is 30.0 Å². The number of hydrogen-bond donors (Lipinski definition) is 2. The third-order valence-corrected chi connectivity index (χ3v) is 6.35. The number of aryl methyl sites for hydroxylation is 2. The number of amides is 2. The van der Waals surface area contributed by atoms with E-state index in [4.69, 9.17) is 11.6 Å². The Kier molecular flexibility index (Phi) is 3.83. The van der Waals surface area contributed by atoms with Crippen molar-refractivity contribution in [2.24, 2.45) is 7.05 Å². The van der Waals surface area contributed by atoms with E-state index >= 15 is 0 Å². The summed E-state index contributed by atoms with van der Waals surface area (Å²) < 4.78 is 0.728. The number of carboxylic acid groups (broad SMARTS) is 1. The average molecular weight is 373 g/mol. The summed E-state index contributed by atoms with van der Waals surface area (Å²) >= 11 is 7.46. The lowest BCUT2D eigenvalue weighted by Crippen LogP contribution is -2.70. The monoisotopic (exact) mass is 372 g/mol. The Morgan fingerprint density at radius 1 is 1.42 bits per heavy atom. The predicted octanol–water partition coefficient (Wildman–Crippen LogP) is 0.627. The molecule has 2 fully saturated rings. The first-order chi connectivity index (χ1) is 11.1. The number of hydrogen-bond acceptors (Lipinski definition) is 5. The molecule has 2 saturated heterocycles. The highest BCUT2D eigenvalue weighted by Crippen LogP contribution is 2.50. The number of nitrogens with one attached hydrogen (secondary N) is 1. The normalized spacial score (nSPS) is 27.6. The highest BCUT2D eigenvalue weighted by molar-refractivity contribution is 8.01. The number of aliphatic carboxylic acids is 1. The largest absolute Gasteiger partial charge is 0.480 e. The van der Waals surface area contributed by atoms with Gasteiger partial charge in [-0.3, -0.25) is 14.3 Å². The minimum Gasteiger partial charge on any atom is -0.480 e. The van der Waals surface area contributed by atoms with E-state index in [0.717, 1.165) is 0 Å². The molecule has 0 bridgehead atoms. The van der Waals surface area contributed by atoms with Crippen LogP contribution in [0.15, 0.2) is 0 Å². The van der Waals surface area contributed by atoms with E-state index in [1.54, 1.807) is 27.8 Å². The van der Waals surface area contributed by atoms with Gasteiger partial charge in [0.25, 0.3) is 5.91 Å². The maximum absolute atomic E-state index is 12.5. The lowest BCUT2D eigenvalue weighted by atomic mass is 9.96. The number of thioether (sulfide) groups is 1. The van der Waals surface area contributed by atoms with Crippen molar-refractivity contribution in [3.8, 4) is 0 Å². The van der Waals surface area contributed by atoms with Crippen molar-refractivity contribution in [1.82, 2.24) is 20.0 Å². The average Bonchev–Trinajstić information content (AvgIpc) is 2.87. The maximum atomic E-state index is 12.5. The van der Waals surface area contributed by atoms with Crippen LogP contribution in [-0.4, -0.2) is 59.8 Å². The minimum atomic E-state index is -1.04. The number of halogens is 1. The first-order valence-corrected chi connectivity index (χ1v) is 8.54. The smallest absolute Gasteiger partial charge is 0.327 e. The van der Waals surface area contributed by atoms with Gasteiger partial charge in [-0.05, 0) is 20.8 Å². The molecule has 3 rings (SSSR count). The van der Waals surface area contributed by atoms with Crippen LogP contribution < -0.4 is 5.32 Å². The number of rotatable bonds is 3. The lowest BCUT2D eigenvalue weighted by molar-refractivity contribution is -0.159. The molecule has 0 radical (unpaired) electrons. The summed E-state index contributed by atoms with van der Waals surface area (Å²) in [6.45, 7) is 5.24. The highest BCUT2D eigenvalue weighted by atomic mass is 35.5. The molecule has 0 saturated carbocycles. The van der Waals surface area contributed by atoms with Gasteiger partial charge < -0.3 is 15.3 Å². The number of β-lactam (4-membered cyclic amide) rings is 1. The van der Waals surface area contributed by atoms with Crippen molar-refractivity contribution < 1.29 is 19.5 Å². The summed E-state index contributed by atoms with van der Waals surface area (Å²) in [5, 5.41) is 16.0. The first-order valence-electron chi connectivity index (χ1n) is 7.29. The second-order valence-corrected chi connectivity index (χ2v) is 8.57. The number of nitrogens with zero attached hydrogens (tertiary/aromatic N) is 3. The van der Waals surface area contributed by atoms with E-state index < -0.39 is 40.0 Å². The van der Waals surface area contributed by atoms with E-state index in [9.17, 15) is 19.5 Å². The molecule has 130 valence electrons. The van der Waals surface area contributed by atoms with E-state index in [-0.39, 0.29) is 10.7 Å². The molecule has 3 heterocycles. The van der Waals surface area contributed by atoms with Crippen molar-refractivity contribution in [3.63, 3.8) is 0 Å². The lowest BCUT2D eigenvalue weighted by Gasteiger charge is -2.43. The number of carbonyl (C=O) groups is 3. The molecule has 0 aliphatic carbocycles. The molecule has 2 aliphatic rings. The summed E-state index contributed by atoms with van der Waals surface area (Å²) in [6.07, 6.45) is 0. The highest BCUT2D eigenvalue weighted by Gasteiger charge is 2.64. The number of carbonyl (C=O) groups excluding carboxylic acids is 2. The van der Waals surface area contributed by atoms with E-state index in [0.29, 0.717) is 5.69 Å². The van der Waals surface area contributed by atoms with Crippen LogP contribution in [0.4, 0.5) is 0 Å². The Hall–Kier alpha value is -1.74. The van der Waals surface area contributed by atoms with Gasteiger partial charge in [0, 0.05) is 11.8 Å². The molecule has 3 atom stereocenters. The zero-order valence-corrected chi connectivity index (χ0v) is 15.1.